The summed E-state index contributed by atoms with van der Waals surface area (Å²) in [7, 11) is 6.58. The summed E-state index contributed by atoms with van der Waals surface area (Å²) in [5.74, 6) is 2.71. The molecule has 0 spiro atoms. The molecule has 3 aromatic carbocycles. The highest BCUT2D eigenvalue weighted by Gasteiger charge is 2.26. The first kappa shape index (κ1) is 26.0. The van der Waals surface area contributed by atoms with Crippen molar-refractivity contribution in [2.75, 3.05) is 35.0 Å². The van der Waals surface area contributed by atoms with E-state index < -0.39 is 0 Å². The number of rotatable bonds is 9. The number of amides is 1. The van der Waals surface area contributed by atoms with Crippen LogP contribution >= 0.6 is 0 Å². The summed E-state index contributed by atoms with van der Waals surface area (Å²) >= 11 is 0. The van der Waals surface area contributed by atoms with E-state index in [0.717, 1.165) is 41.3 Å². The van der Waals surface area contributed by atoms with E-state index in [9.17, 15) is 4.79 Å². The Morgan fingerprint density at radius 2 is 1.65 bits per heavy atom. The zero-order valence-electron chi connectivity index (χ0n) is 21.9. The number of hydrogen-bond acceptors (Lipinski definition) is 7. The Kier molecular flexibility index (Phi) is 8.30. The molecule has 37 heavy (non-hydrogen) atoms. The number of carbonyl (C=O) groups excluding carboxylic acids is 1. The Morgan fingerprint density at radius 1 is 0.946 bits per heavy atom. The first-order valence-corrected chi connectivity index (χ1v) is 12.1. The molecule has 0 unspecified atom stereocenters. The van der Waals surface area contributed by atoms with E-state index in [1.807, 2.05) is 18.2 Å². The molecular weight excluding hydrogens is 470 g/mol. The summed E-state index contributed by atoms with van der Waals surface area (Å²) in [5, 5.41) is 4.15. The Bertz CT molecular complexity index is 1270. The van der Waals surface area contributed by atoms with E-state index in [1.54, 1.807) is 58.9 Å². The highest BCUT2D eigenvalue weighted by atomic mass is 16.5. The zero-order chi connectivity index (χ0) is 26.4. The van der Waals surface area contributed by atoms with Gasteiger partial charge in [0.15, 0.2) is 11.5 Å². The summed E-state index contributed by atoms with van der Waals surface area (Å²) in [6, 6.07) is 17.1. The number of hydrogen-bond donors (Lipinski definition) is 1. The number of methoxy groups -OCH3 is 4. The van der Waals surface area contributed by atoms with Crippen LogP contribution in [0.4, 0.5) is 0 Å². The minimum absolute atomic E-state index is 0.189. The van der Waals surface area contributed by atoms with Gasteiger partial charge in [0.25, 0.3) is 5.91 Å². The molecule has 194 valence electrons. The lowest BCUT2D eigenvalue weighted by atomic mass is 9.92. The van der Waals surface area contributed by atoms with E-state index in [1.165, 1.54) is 11.1 Å². The van der Waals surface area contributed by atoms with Gasteiger partial charge in [-0.3, -0.25) is 9.69 Å². The smallest absolute Gasteiger partial charge is 0.271 e. The van der Waals surface area contributed by atoms with Crippen LogP contribution < -0.4 is 24.4 Å². The van der Waals surface area contributed by atoms with Crippen molar-refractivity contribution in [1.29, 1.82) is 0 Å². The van der Waals surface area contributed by atoms with Crippen LogP contribution in [0.25, 0.3) is 0 Å². The van der Waals surface area contributed by atoms with E-state index in [-0.39, 0.29) is 11.9 Å². The highest BCUT2D eigenvalue weighted by Crippen LogP contribution is 2.39. The molecular formula is C29H33N3O5. The number of carbonyl (C=O) groups is 1. The van der Waals surface area contributed by atoms with Crippen LogP contribution in [0.15, 0.2) is 59.7 Å². The van der Waals surface area contributed by atoms with Crippen molar-refractivity contribution in [3.8, 4) is 23.0 Å². The van der Waals surface area contributed by atoms with Crippen LogP contribution in [0.2, 0.25) is 0 Å². The van der Waals surface area contributed by atoms with Crippen LogP contribution in [0.3, 0.4) is 0 Å². The molecule has 1 aliphatic heterocycles. The fourth-order valence-electron chi connectivity index (χ4n) is 4.61. The molecule has 1 aliphatic rings. The maximum Gasteiger partial charge on any atom is 0.271 e. The SMILES string of the molecule is COc1ccc(C(=O)N/N=C\c2ccc(OC)c(CN3CCc4cc(OC)c(OC)cc4[C@@H]3C)c2)cc1. The van der Waals surface area contributed by atoms with Gasteiger partial charge in [0.1, 0.15) is 11.5 Å². The second-order valence-electron chi connectivity index (χ2n) is 8.80. The van der Waals surface area contributed by atoms with E-state index >= 15 is 0 Å². The monoisotopic (exact) mass is 503 g/mol. The fraction of sp³-hybridized carbons (Fsp3) is 0.310. The number of nitrogens with one attached hydrogen (secondary N) is 1. The van der Waals surface area contributed by atoms with Crippen molar-refractivity contribution in [2.24, 2.45) is 5.10 Å². The fourth-order valence-corrected chi connectivity index (χ4v) is 4.61. The Morgan fingerprint density at radius 3 is 2.32 bits per heavy atom. The van der Waals surface area contributed by atoms with Gasteiger partial charge in [0.2, 0.25) is 0 Å². The molecule has 3 aromatic rings. The Balaban J connectivity index is 1.47. The molecule has 0 radical (unpaired) electrons. The lowest BCUT2D eigenvalue weighted by Gasteiger charge is -2.36. The summed E-state index contributed by atoms with van der Waals surface area (Å²) in [5.41, 5.74) is 7.51. The lowest BCUT2D eigenvalue weighted by Crippen LogP contribution is -2.33. The Labute approximate surface area is 217 Å². The largest absolute Gasteiger partial charge is 0.497 e. The summed E-state index contributed by atoms with van der Waals surface area (Å²) in [4.78, 5) is 14.8. The average molecular weight is 504 g/mol. The molecule has 1 N–H and O–H groups in total. The molecule has 0 saturated carbocycles. The van der Waals surface area contributed by atoms with Crippen molar-refractivity contribution in [1.82, 2.24) is 10.3 Å². The van der Waals surface area contributed by atoms with Gasteiger partial charge in [-0.25, -0.2) is 5.43 Å². The molecule has 4 rings (SSSR count). The molecule has 1 heterocycles. The number of nitrogens with zero attached hydrogens (tertiary/aromatic N) is 2. The molecule has 0 aromatic heterocycles. The van der Waals surface area contributed by atoms with Gasteiger partial charge >= 0.3 is 0 Å². The average Bonchev–Trinajstić information content (AvgIpc) is 2.94. The number of hydrazone groups is 1. The second-order valence-corrected chi connectivity index (χ2v) is 8.80. The number of ether oxygens (including phenoxy) is 4. The van der Waals surface area contributed by atoms with Crippen LogP contribution in [-0.4, -0.2) is 52.0 Å². The molecule has 8 heteroatoms. The van der Waals surface area contributed by atoms with Gasteiger partial charge in [0, 0.05) is 30.3 Å². The zero-order valence-corrected chi connectivity index (χ0v) is 21.9. The van der Waals surface area contributed by atoms with Gasteiger partial charge in [-0.15, -0.1) is 0 Å². The third-order valence-corrected chi connectivity index (χ3v) is 6.72. The molecule has 8 nitrogen and oxygen atoms in total. The van der Waals surface area contributed by atoms with Gasteiger partial charge in [-0.05, 0) is 84.6 Å². The molecule has 1 amide bonds. The summed E-state index contributed by atoms with van der Waals surface area (Å²) < 4.78 is 21.8. The summed E-state index contributed by atoms with van der Waals surface area (Å²) in [6.45, 7) is 3.82. The van der Waals surface area contributed by atoms with Crippen LogP contribution in [0.1, 0.15) is 45.6 Å². The van der Waals surface area contributed by atoms with Crippen molar-refractivity contribution >= 4 is 12.1 Å². The predicted molar refractivity (Wildman–Crippen MR) is 143 cm³/mol. The maximum absolute atomic E-state index is 12.4. The standard InChI is InChI=1S/C29H33N3O5/c1-19-25-16-28(37-5)27(36-4)15-22(25)12-13-32(19)18-23-14-20(6-11-26(23)35-3)17-30-31-29(33)21-7-9-24(34-2)10-8-21/h6-11,14-17,19H,12-13,18H2,1-5H3,(H,31,33)/b30-17-/t19-/m0/s1. The third-order valence-electron chi connectivity index (χ3n) is 6.72. The van der Waals surface area contributed by atoms with Crippen LogP contribution in [0, 0.1) is 0 Å². The van der Waals surface area contributed by atoms with Crippen LogP contribution in [-0.2, 0) is 13.0 Å². The molecule has 0 aliphatic carbocycles. The van der Waals surface area contributed by atoms with Crippen molar-refractivity contribution < 1.29 is 23.7 Å². The third kappa shape index (κ3) is 5.86. The topological polar surface area (TPSA) is 81.6 Å². The van der Waals surface area contributed by atoms with Crippen molar-refractivity contribution in [3.63, 3.8) is 0 Å². The number of fused-ring (bicyclic) bond motifs is 1. The van der Waals surface area contributed by atoms with Gasteiger partial charge in [0.05, 0.1) is 34.7 Å². The van der Waals surface area contributed by atoms with Crippen molar-refractivity contribution in [3.05, 3.63) is 82.4 Å². The molecule has 0 fully saturated rings. The molecule has 0 bridgehead atoms. The Hall–Kier alpha value is -4.04. The minimum atomic E-state index is -0.291. The maximum atomic E-state index is 12.4. The number of benzene rings is 3. The molecule has 0 saturated heterocycles. The second kappa shape index (κ2) is 11.8. The quantitative estimate of drug-likeness (QED) is 0.339. The first-order chi connectivity index (χ1) is 18.0. The van der Waals surface area contributed by atoms with Gasteiger partial charge < -0.3 is 18.9 Å². The lowest BCUT2D eigenvalue weighted by molar-refractivity contribution is 0.0955. The van der Waals surface area contributed by atoms with Crippen LogP contribution in [0.5, 0.6) is 23.0 Å². The molecule has 1 atom stereocenters. The van der Waals surface area contributed by atoms with E-state index in [4.69, 9.17) is 18.9 Å². The van der Waals surface area contributed by atoms with Gasteiger partial charge in [-0.1, -0.05) is 0 Å². The van der Waals surface area contributed by atoms with Gasteiger partial charge in [-0.2, -0.15) is 5.10 Å². The van der Waals surface area contributed by atoms with E-state index in [0.29, 0.717) is 17.9 Å². The highest BCUT2D eigenvalue weighted by molar-refractivity contribution is 5.95. The van der Waals surface area contributed by atoms with Crippen molar-refractivity contribution in [2.45, 2.75) is 25.9 Å². The predicted octanol–water partition coefficient (Wildman–Crippen LogP) is 4.60. The minimum Gasteiger partial charge on any atom is -0.497 e. The van der Waals surface area contributed by atoms with E-state index in [2.05, 4.69) is 34.5 Å². The first-order valence-electron chi connectivity index (χ1n) is 12.1. The normalized spacial score (nSPS) is 15.2. The summed E-state index contributed by atoms with van der Waals surface area (Å²) in [6.07, 6.45) is 2.55.